The van der Waals surface area contributed by atoms with E-state index in [2.05, 4.69) is 10.1 Å². The number of carbonyl (C=O) groups excluding carboxylic acids is 2. The minimum atomic E-state index is -0.546. The van der Waals surface area contributed by atoms with Crippen molar-refractivity contribution >= 4 is 17.4 Å². The molecular weight excluding hydrogens is 290 g/mol. The smallest absolute Gasteiger partial charge is 0.255 e. The van der Waals surface area contributed by atoms with Crippen molar-refractivity contribution in [1.82, 2.24) is 9.99 Å². The fourth-order valence-corrected chi connectivity index (χ4v) is 3.77. The molecule has 3 rings (SSSR count). The topological polar surface area (TPSA) is 62.6 Å². The van der Waals surface area contributed by atoms with Gasteiger partial charge in [-0.2, -0.15) is 5.10 Å². The molecule has 0 saturated heterocycles. The Hall–Kier alpha value is -2.04. The van der Waals surface area contributed by atoms with Gasteiger partial charge in [0.2, 0.25) is 0 Å². The molecule has 0 N–H and O–H groups in total. The fourth-order valence-electron chi connectivity index (χ4n) is 3.77. The second-order valence-corrected chi connectivity index (χ2v) is 6.75. The molecule has 0 aromatic carbocycles. The maximum Gasteiger partial charge on any atom is 0.255 e. The highest BCUT2D eigenvalue weighted by Crippen LogP contribution is 2.43. The minimum Gasteiger partial charge on any atom is -0.292 e. The molecular formula is C18H23N3O2. The van der Waals surface area contributed by atoms with E-state index in [1.807, 2.05) is 13.8 Å². The Morgan fingerprint density at radius 3 is 2.74 bits per heavy atom. The third-order valence-electron chi connectivity index (χ3n) is 5.40. The predicted molar refractivity (Wildman–Crippen MR) is 88.1 cm³/mol. The third kappa shape index (κ3) is 2.80. The number of rotatable bonds is 4. The normalized spacial score (nSPS) is 25.6. The Balaban J connectivity index is 1.76. The summed E-state index contributed by atoms with van der Waals surface area (Å²) in [6.45, 7) is 3.91. The van der Waals surface area contributed by atoms with Gasteiger partial charge in [-0.3, -0.25) is 14.6 Å². The van der Waals surface area contributed by atoms with E-state index in [0.29, 0.717) is 11.5 Å². The number of hydrogen-bond donors (Lipinski definition) is 0. The summed E-state index contributed by atoms with van der Waals surface area (Å²) in [6, 6.07) is 3.44. The van der Waals surface area contributed by atoms with Crippen molar-refractivity contribution < 1.29 is 9.59 Å². The highest BCUT2D eigenvalue weighted by Gasteiger charge is 2.50. The molecule has 0 bridgehead atoms. The van der Waals surface area contributed by atoms with Crippen molar-refractivity contribution in [3.63, 3.8) is 0 Å². The number of carbonyl (C=O) groups is 2. The minimum absolute atomic E-state index is 0.00975. The molecule has 5 nitrogen and oxygen atoms in total. The molecule has 1 fully saturated rings. The molecule has 2 heterocycles. The molecule has 5 heteroatoms. The van der Waals surface area contributed by atoms with Crippen LogP contribution < -0.4 is 0 Å². The van der Waals surface area contributed by atoms with E-state index >= 15 is 0 Å². The number of pyridine rings is 1. The van der Waals surface area contributed by atoms with E-state index < -0.39 is 5.41 Å². The van der Waals surface area contributed by atoms with Crippen LogP contribution in [0.1, 0.15) is 56.3 Å². The Morgan fingerprint density at radius 1 is 1.35 bits per heavy atom. The maximum absolute atomic E-state index is 12.9. The second kappa shape index (κ2) is 6.22. The molecule has 1 aliphatic carbocycles. The van der Waals surface area contributed by atoms with Crippen LogP contribution in [0.3, 0.4) is 0 Å². The van der Waals surface area contributed by atoms with Gasteiger partial charge in [0.15, 0.2) is 5.78 Å². The van der Waals surface area contributed by atoms with Gasteiger partial charge in [-0.25, -0.2) is 5.01 Å². The molecule has 1 saturated carbocycles. The van der Waals surface area contributed by atoms with Gasteiger partial charge in [0.1, 0.15) is 6.54 Å². The molecule has 23 heavy (non-hydrogen) atoms. The summed E-state index contributed by atoms with van der Waals surface area (Å²) in [6.07, 6.45) is 8.89. The Bertz CT molecular complexity index is 635. The summed E-state index contributed by atoms with van der Waals surface area (Å²) in [4.78, 5) is 29.2. The summed E-state index contributed by atoms with van der Waals surface area (Å²) in [5, 5.41) is 5.78. The first-order valence-corrected chi connectivity index (χ1v) is 8.34. The first kappa shape index (κ1) is 15.8. The van der Waals surface area contributed by atoms with Gasteiger partial charge in [-0.15, -0.1) is 0 Å². The molecule has 1 unspecified atom stereocenters. The van der Waals surface area contributed by atoms with Gasteiger partial charge in [-0.1, -0.05) is 19.3 Å². The zero-order valence-corrected chi connectivity index (χ0v) is 13.8. The number of Topliss-reactive ketones (excluding diaryl/α,β-unsaturated/α-hetero) is 1. The number of hydrogen-bond acceptors (Lipinski definition) is 4. The third-order valence-corrected chi connectivity index (χ3v) is 5.40. The zero-order valence-electron chi connectivity index (χ0n) is 13.8. The quantitative estimate of drug-likeness (QED) is 0.803. The van der Waals surface area contributed by atoms with E-state index in [0.717, 1.165) is 18.6 Å². The molecule has 1 aromatic rings. The predicted octanol–water partition coefficient (Wildman–Crippen LogP) is 3.07. The molecule has 1 aliphatic heterocycles. The lowest BCUT2D eigenvalue weighted by atomic mass is 9.67. The molecule has 2 aliphatic rings. The zero-order chi connectivity index (χ0) is 16.4. The molecule has 0 radical (unpaired) electrons. The van der Waals surface area contributed by atoms with Crippen LogP contribution in [0.4, 0.5) is 0 Å². The van der Waals surface area contributed by atoms with Crippen LogP contribution in [0, 0.1) is 11.3 Å². The molecule has 1 amide bonds. The van der Waals surface area contributed by atoms with Gasteiger partial charge in [0.05, 0.1) is 11.1 Å². The van der Waals surface area contributed by atoms with Gasteiger partial charge in [-0.05, 0) is 44.7 Å². The summed E-state index contributed by atoms with van der Waals surface area (Å²) in [7, 11) is 0. The maximum atomic E-state index is 12.9. The van der Waals surface area contributed by atoms with E-state index in [9.17, 15) is 9.59 Å². The van der Waals surface area contributed by atoms with Crippen LogP contribution >= 0.6 is 0 Å². The van der Waals surface area contributed by atoms with Crippen LogP contribution in [0.2, 0.25) is 0 Å². The number of amides is 1. The Labute approximate surface area is 136 Å². The van der Waals surface area contributed by atoms with Crippen LogP contribution in [-0.4, -0.2) is 33.9 Å². The van der Waals surface area contributed by atoms with Crippen molar-refractivity contribution in [3.8, 4) is 0 Å². The number of aromatic nitrogens is 1. The summed E-state index contributed by atoms with van der Waals surface area (Å²) >= 11 is 0. The number of ketones is 1. The van der Waals surface area contributed by atoms with E-state index in [1.165, 1.54) is 30.5 Å². The lowest BCUT2D eigenvalue weighted by Gasteiger charge is -2.35. The average molecular weight is 313 g/mol. The number of hydrazone groups is 1. The Morgan fingerprint density at radius 2 is 2.09 bits per heavy atom. The summed E-state index contributed by atoms with van der Waals surface area (Å²) < 4.78 is 0. The van der Waals surface area contributed by atoms with Gasteiger partial charge in [0, 0.05) is 18.0 Å². The summed E-state index contributed by atoms with van der Waals surface area (Å²) in [5.74, 6) is 0.182. The lowest BCUT2D eigenvalue weighted by Crippen LogP contribution is -2.44. The summed E-state index contributed by atoms with van der Waals surface area (Å²) in [5.41, 5.74) is 0.808. The lowest BCUT2D eigenvalue weighted by molar-refractivity contribution is -0.137. The molecule has 0 spiro atoms. The highest BCUT2D eigenvalue weighted by atomic mass is 16.2. The SMILES string of the molecule is CC1=NN(CC(=O)c2cccnc2)C(=O)C1(C)C1CCCCC1. The molecule has 1 aromatic heterocycles. The van der Waals surface area contributed by atoms with E-state index in [1.54, 1.807) is 18.3 Å². The first-order chi connectivity index (χ1) is 11.0. The molecule has 122 valence electrons. The highest BCUT2D eigenvalue weighted by molar-refractivity contribution is 6.12. The van der Waals surface area contributed by atoms with Crippen molar-refractivity contribution in [2.45, 2.75) is 46.0 Å². The monoisotopic (exact) mass is 313 g/mol. The van der Waals surface area contributed by atoms with Crippen molar-refractivity contribution in [2.75, 3.05) is 6.54 Å². The van der Waals surface area contributed by atoms with Crippen LogP contribution in [0.15, 0.2) is 29.6 Å². The standard InChI is InChI=1S/C18H23N3O2/c1-13-18(2,15-8-4-3-5-9-15)17(23)21(20-13)12-16(22)14-7-6-10-19-11-14/h6-7,10-11,15H,3-5,8-9,12H2,1-2H3. The average Bonchev–Trinajstić information content (AvgIpc) is 2.81. The van der Waals surface area contributed by atoms with E-state index in [4.69, 9.17) is 0 Å². The van der Waals surface area contributed by atoms with Crippen molar-refractivity contribution in [2.24, 2.45) is 16.4 Å². The van der Waals surface area contributed by atoms with Crippen LogP contribution in [0.5, 0.6) is 0 Å². The van der Waals surface area contributed by atoms with Crippen LogP contribution in [-0.2, 0) is 4.79 Å². The fraction of sp³-hybridized carbons (Fsp3) is 0.556. The van der Waals surface area contributed by atoms with Gasteiger partial charge in [0.25, 0.3) is 5.91 Å². The van der Waals surface area contributed by atoms with Crippen molar-refractivity contribution in [3.05, 3.63) is 30.1 Å². The van der Waals surface area contributed by atoms with Crippen molar-refractivity contribution in [1.29, 1.82) is 0 Å². The Kier molecular flexibility index (Phi) is 4.28. The molecule has 1 atom stereocenters. The van der Waals surface area contributed by atoms with E-state index in [-0.39, 0.29) is 18.2 Å². The van der Waals surface area contributed by atoms with Crippen LogP contribution in [0.25, 0.3) is 0 Å². The number of nitrogens with zero attached hydrogens (tertiary/aromatic N) is 3. The van der Waals surface area contributed by atoms with Gasteiger partial charge < -0.3 is 0 Å². The second-order valence-electron chi connectivity index (χ2n) is 6.75. The first-order valence-electron chi connectivity index (χ1n) is 8.34. The largest absolute Gasteiger partial charge is 0.292 e. The van der Waals surface area contributed by atoms with Gasteiger partial charge >= 0.3 is 0 Å².